The highest BCUT2D eigenvalue weighted by molar-refractivity contribution is 5.67. The van der Waals surface area contributed by atoms with Crippen LogP contribution in [0.15, 0.2) is 30.6 Å². The minimum Gasteiger partial charge on any atom is -0.370 e. The summed E-state index contributed by atoms with van der Waals surface area (Å²) in [6.45, 7) is 10.3. The summed E-state index contributed by atoms with van der Waals surface area (Å²) in [4.78, 5) is 11.1. The Balaban J connectivity index is 2.38. The standard InChI is InChI=1S/C17H24N4/c1-5-10-18-16-14(4)17(20-12-19-16)21(6-2)15-9-7-8-13(3)11-15/h7-9,11-12H,5-6,10H2,1-4H3,(H,18,19,20). The molecule has 2 rings (SSSR count). The summed E-state index contributed by atoms with van der Waals surface area (Å²) in [7, 11) is 0. The topological polar surface area (TPSA) is 41.1 Å². The van der Waals surface area contributed by atoms with Crippen molar-refractivity contribution in [2.24, 2.45) is 0 Å². The third-order valence-electron chi connectivity index (χ3n) is 3.49. The number of nitrogens with one attached hydrogen (secondary N) is 1. The Morgan fingerprint density at radius 2 is 1.95 bits per heavy atom. The van der Waals surface area contributed by atoms with Gasteiger partial charge in [0.2, 0.25) is 0 Å². The molecule has 0 aliphatic heterocycles. The van der Waals surface area contributed by atoms with Crippen molar-refractivity contribution in [3.05, 3.63) is 41.7 Å². The Morgan fingerprint density at radius 1 is 1.14 bits per heavy atom. The summed E-state index contributed by atoms with van der Waals surface area (Å²) in [5.41, 5.74) is 3.51. The van der Waals surface area contributed by atoms with Crippen molar-refractivity contribution in [1.29, 1.82) is 0 Å². The quantitative estimate of drug-likeness (QED) is 0.868. The number of hydrogen-bond acceptors (Lipinski definition) is 4. The number of benzene rings is 1. The largest absolute Gasteiger partial charge is 0.370 e. The number of rotatable bonds is 6. The lowest BCUT2D eigenvalue weighted by Crippen LogP contribution is -2.19. The van der Waals surface area contributed by atoms with E-state index in [1.165, 1.54) is 11.3 Å². The van der Waals surface area contributed by atoms with E-state index < -0.39 is 0 Å². The molecule has 4 heteroatoms. The summed E-state index contributed by atoms with van der Waals surface area (Å²) in [6, 6.07) is 8.50. The fraction of sp³-hybridized carbons (Fsp3) is 0.412. The zero-order valence-corrected chi connectivity index (χ0v) is 13.3. The van der Waals surface area contributed by atoms with E-state index >= 15 is 0 Å². The van der Waals surface area contributed by atoms with Crippen molar-refractivity contribution in [3.8, 4) is 0 Å². The van der Waals surface area contributed by atoms with Crippen molar-refractivity contribution >= 4 is 17.3 Å². The average molecular weight is 284 g/mol. The summed E-state index contributed by atoms with van der Waals surface area (Å²) < 4.78 is 0. The molecule has 1 aromatic carbocycles. The molecule has 21 heavy (non-hydrogen) atoms. The molecular formula is C17H24N4. The first-order chi connectivity index (χ1) is 10.2. The summed E-state index contributed by atoms with van der Waals surface area (Å²) in [5, 5.41) is 3.37. The number of nitrogens with zero attached hydrogens (tertiary/aromatic N) is 3. The molecule has 2 aromatic rings. The molecule has 0 radical (unpaired) electrons. The molecule has 1 N–H and O–H groups in total. The maximum absolute atomic E-state index is 4.50. The maximum atomic E-state index is 4.50. The average Bonchev–Trinajstić information content (AvgIpc) is 2.48. The summed E-state index contributed by atoms with van der Waals surface area (Å²) >= 11 is 0. The van der Waals surface area contributed by atoms with Gasteiger partial charge in [-0.2, -0.15) is 0 Å². The molecule has 0 bridgehead atoms. The zero-order chi connectivity index (χ0) is 15.2. The number of hydrogen-bond donors (Lipinski definition) is 1. The van der Waals surface area contributed by atoms with Gasteiger partial charge in [-0.25, -0.2) is 9.97 Å². The normalized spacial score (nSPS) is 10.5. The van der Waals surface area contributed by atoms with Crippen LogP contribution < -0.4 is 10.2 Å². The van der Waals surface area contributed by atoms with Crippen molar-refractivity contribution in [3.63, 3.8) is 0 Å². The zero-order valence-electron chi connectivity index (χ0n) is 13.3. The predicted octanol–water partition coefficient (Wildman–Crippen LogP) is 4.07. The predicted molar refractivity (Wildman–Crippen MR) is 89.4 cm³/mol. The molecule has 4 nitrogen and oxygen atoms in total. The van der Waals surface area contributed by atoms with Gasteiger partial charge in [-0.15, -0.1) is 0 Å². The monoisotopic (exact) mass is 284 g/mol. The molecule has 1 heterocycles. The molecule has 112 valence electrons. The minimum absolute atomic E-state index is 0.870. The fourth-order valence-electron chi connectivity index (χ4n) is 2.39. The summed E-state index contributed by atoms with van der Waals surface area (Å²) in [6.07, 6.45) is 2.72. The van der Waals surface area contributed by atoms with Gasteiger partial charge in [0.1, 0.15) is 18.0 Å². The first-order valence-corrected chi connectivity index (χ1v) is 7.57. The Hall–Kier alpha value is -2.10. The van der Waals surface area contributed by atoms with E-state index in [1.54, 1.807) is 6.33 Å². The lowest BCUT2D eigenvalue weighted by molar-refractivity contribution is 0.937. The maximum Gasteiger partial charge on any atom is 0.141 e. The van der Waals surface area contributed by atoms with Crippen LogP contribution in [-0.2, 0) is 0 Å². The SMILES string of the molecule is CCCNc1ncnc(N(CC)c2cccc(C)c2)c1C. The van der Waals surface area contributed by atoms with Crippen molar-refractivity contribution in [1.82, 2.24) is 9.97 Å². The van der Waals surface area contributed by atoms with E-state index in [2.05, 4.69) is 72.1 Å². The van der Waals surface area contributed by atoms with Gasteiger partial charge in [0, 0.05) is 24.3 Å². The number of anilines is 3. The van der Waals surface area contributed by atoms with Crippen LogP contribution in [0.25, 0.3) is 0 Å². The van der Waals surface area contributed by atoms with Gasteiger partial charge >= 0.3 is 0 Å². The van der Waals surface area contributed by atoms with Gasteiger partial charge in [-0.3, -0.25) is 0 Å². The van der Waals surface area contributed by atoms with Gasteiger partial charge in [0.15, 0.2) is 0 Å². The van der Waals surface area contributed by atoms with Gasteiger partial charge < -0.3 is 10.2 Å². The molecule has 0 atom stereocenters. The molecule has 0 fully saturated rings. The fourth-order valence-corrected chi connectivity index (χ4v) is 2.39. The highest BCUT2D eigenvalue weighted by Gasteiger charge is 2.14. The summed E-state index contributed by atoms with van der Waals surface area (Å²) in [5.74, 6) is 1.89. The minimum atomic E-state index is 0.870. The molecule has 0 amide bonds. The molecule has 0 saturated heterocycles. The molecule has 1 aromatic heterocycles. The first kappa shape index (κ1) is 15.3. The van der Waals surface area contributed by atoms with E-state index in [-0.39, 0.29) is 0 Å². The molecule has 0 saturated carbocycles. The van der Waals surface area contributed by atoms with Crippen LogP contribution in [0.4, 0.5) is 17.3 Å². The van der Waals surface area contributed by atoms with Crippen LogP contribution in [0.5, 0.6) is 0 Å². The van der Waals surface area contributed by atoms with Crippen LogP contribution in [0, 0.1) is 13.8 Å². The van der Waals surface area contributed by atoms with Gasteiger partial charge in [-0.05, 0) is 44.9 Å². The highest BCUT2D eigenvalue weighted by atomic mass is 15.2. The van der Waals surface area contributed by atoms with Crippen LogP contribution >= 0.6 is 0 Å². The number of aromatic nitrogens is 2. The van der Waals surface area contributed by atoms with E-state index in [9.17, 15) is 0 Å². The smallest absolute Gasteiger partial charge is 0.141 e. The first-order valence-electron chi connectivity index (χ1n) is 7.57. The Kier molecular flexibility index (Phi) is 5.14. The molecule has 0 aliphatic carbocycles. The Labute approximate surface area is 127 Å². The lowest BCUT2D eigenvalue weighted by atomic mass is 10.2. The second-order valence-electron chi connectivity index (χ2n) is 5.18. The Bertz CT molecular complexity index is 595. The molecule has 0 spiro atoms. The van der Waals surface area contributed by atoms with Gasteiger partial charge in [0.25, 0.3) is 0 Å². The van der Waals surface area contributed by atoms with Crippen molar-refractivity contribution in [2.75, 3.05) is 23.3 Å². The van der Waals surface area contributed by atoms with Crippen molar-refractivity contribution in [2.45, 2.75) is 34.1 Å². The molecule has 0 aliphatic rings. The van der Waals surface area contributed by atoms with E-state index in [0.717, 1.165) is 36.7 Å². The van der Waals surface area contributed by atoms with E-state index in [0.29, 0.717) is 0 Å². The van der Waals surface area contributed by atoms with E-state index in [4.69, 9.17) is 0 Å². The third-order valence-corrected chi connectivity index (χ3v) is 3.49. The number of aryl methyl sites for hydroxylation is 1. The van der Waals surface area contributed by atoms with Crippen molar-refractivity contribution < 1.29 is 0 Å². The Morgan fingerprint density at radius 3 is 2.62 bits per heavy atom. The highest BCUT2D eigenvalue weighted by Crippen LogP contribution is 2.29. The van der Waals surface area contributed by atoms with E-state index in [1.807, 2.05) is 0 Å². The van der Waals surface area contributed by atoms with Gasteiger partial charge in [0.05, 0.1) is 0 Å². The van der Waals surface area contributed by atoms with Crippen LogP contribution in [0.3, 0.4) is 0 Å². The van der Waals surface area contributed by atoms with Crippen LogP contribution in [0.1, 0.15) is 31.4 Å². The third kappa shape index (κ3) is 3.51. The second-order valence-corrected chi connectivity index (χ2v) is 5.18. The lowest BCUT2D eigenvalue weighted by Gasteiger charge is -2.25. The van der Waals surface area contributed by atoms with Crippen LogP contribution in [0.2, 0.25) is 0 Å². The van der Waals surface area contributed by atoms with Crippen LogP contribution in [-0.4, -0.2) is 23.1 Å². The molecule has 0 unspecified atom stereocenters. The second kappa shape index (κ2) is 7.07. The van der Waals surface area contributed by atoms with Gasteiger partial charge in [-0.1, -0.05) is 19.1 Å². The molecular weight excluding hydrogens is 260 g/mol.